The Kier molecular flexibility index (Phi) is 3.55. The maximum absolute atomic E-state index is 10.9. The van der Waals surface area contributed by atoms with Gasteiger partial charge in [0.05, 0.1) is 5.60 Å². The summed E-state index contributed by atoms with van der Waals surface area (Å²) in [6.45, 7) is 5.33. The maximum atomic E-state index is 10.9. The van der Waals surface area contributed by atoms with Crippen LogP contribution in [-0.2, 0) is 6.42 Å². The van der Waals surface area contributed by atoms with Crippen molar-refractivity contribution in [1.82, 2.24) is 4.90 Å². The Balaban J connectivity index is 2.13. The topological polar surface area (TPSA) is 23.5 Å². The molecule has 17 heavy (non-hydrogen) atoms. The lowest BCUT2D eigenvalue weighted by Gasteiger charge is -2.46. The van der Waals surface area contributed by atoms with Crippen molar-refractivity contribution in [1.29, 1.82) is 0 Å². The number of aliphatic hydroxyl groups is 1. The summed E-state index contributed by atoms with van der Waals surface area (Å²) in [5.74, 6) is 0.323. The first-order valence-corrected chi connectivity index (χ1v) is 6.48. The van der Waals surface area contributed by atoms with E-state index in [1.54, 1.807) is 0 Å². The van der Waals surface area contributed by atoms with Crippen molar-refractivity contribution in [2.45, 2.75) is 38.3 Å². The van der Waals surface area contributed by atoms with Gasteiger partial charge in [0.15, 0.2) is 0 Å². The molecule has 2 heteroatoms. The van der Waals surface area contributed by atoms with Crippen molar-refractivity contribution in [2.24, 2.45) is 5.92 Å². The second-order valence-corrected chi connectivity index (χ2v) is 5.66. The van der Waals surface area contributed by atoms with Gasteiger partial charge in [0.2, 0.25) is 0 Å². The maximum Gasteiger partial charge on any atom is 0.0740 e. The van der Waals surface area contributed by atoms with Crippen molar-refractivity contribution in [3.8, 4) is 0 Å². The average molecular weight is 233 g/mol. The van der Waals surface area contributed by atoms with Gasteiger partial charge in [-0.25, -0.2) is 0 Å². The lowest BCUT2D eigenvalue weighted by Crippen LogP contribution is -2.54. The van der Waals surface area contributed by atoms with Crippen LogP contribution >= 0.6 is 0 Å². The summed E-state index contributed by atoms with van der Waals surface area (Å²) in [5, 5.41) is 10.9. The Hall–Kier alpha value is -0.860. The summed E-state index contributed by atoms with van der Waals surface area (Å²) in [6.07, 6.45) is 1.63. The Morgan fingerprint density at radius 2 is 1.94 bits per heavy atom. The van der Waals surface area contributed by atoms with Gasteiger partial charge in [0.25, 0.3) is 0 Å². The van der Waals surface area contributed by atoms with Crippen LogP contribution in [-0.4, -0.2) is 35.2 Å². The molecule has 1 aromatic carbocycles. The second-order valence-electron chi connectivity index (χ2n) is 5.66. The molecule has 0 aliphatic carbocycles. The highest BCUT2D eigenvalue weighted by Crippen LogP contribution is 2.33. The van der Waals surface area contributed by atoms with E-state index in [0.29, 0.717) is 12.0 Å². The van der Waals surface area contributed by atoms with Crippen LogP contribution in [0, 0.1) is 5.92 Å². The van der Waals surface area contributed by atoms with Gasteiger partial charge in [-0.05, 0) is 31.9 Å². The van der Waals surface area contributed by atoms with Crippen LogP contribution < -0.4 is 0 Å². The van der Waals surface area contributed by atoms with Crippen molar-refractivity contribution in [3.63, 3.8) is 0 Å². The fraction of sp³-hybridized carbons (Fsp3) is 0.600. The Bertz CT molecular complexity index is 364. The van der Waals surface area contributed by atoms with Crippen LogP contribution in [0.25, 0.3) is 0 Å². The Labute approximate surface area is 104 Å². The van der Waals surface area contributed by atoms with Gasteiger partial charge in [0, 0.05) is 19.0 Å². The van der Waals surface area contributed by atoms with Gasteiger partial charge in [-0.2, -0.15) is 0 Å². The molecule has 0 aromatic heterocycles. The minimum Gasteiger partial charge on any atom is -0.389 e. The third kappa shape index (κ3) is 2.70. The van der Waals surface area contributed by atoms with Gasteiger partial charge in [-0.15, -0.1) is 0 Å². The normalized spacial score (nSPS) is 34.8. The number of hydrogen-bond donors (Lipinski definition) is 1. The molecule has 1 saturated heterocycles. The van der Waals surface area contributed by atoms with E-state index in [0.717, 1.165) is 19.4 Å². The molecule has 1 aliphatic heterocycles. The predicted octanol–water partition coefficient (Wildman–Crippen LogP) is 2.32. The molecule has 0 radical (unpaired) electrons. The molecule has 1 N–H and O–H groups in total. The molecule has 3 atom stereocenters. The first-order chi connectivity index (χ1) is 8.01. The number of rotatable bonds is 2. The summed E-state index contributed by atoms with van der Waals surface area (Å²) in [5.41, 5.74) is 0.686. The van der Waals surface area contributed by atoms with Gasteiger partial charge in [0.1, 0.15) is 0 Å². The largest absolute Gasteiger partial charge is 0.389 e. The zero-order valence-corrected chi connectivity index (χ0v) is 11.1. The molecule has 1 aromatic rings. The van der Waals surface area contributed by atoms with Crippen molar-refractivity contribution in [2.75, 3.05) is 13.6 Å². The lowest BCUT2D eigenvalue weighted by atomic mass is 9.75. The molecule has 2 rings (SSSR count). The molecule has 0 unspecified atom stereocenters. The lowest BCUT2D eigenvalue weighted by molar-refractivity contribution is -0.0778. The quantitative estimate of drug-likeness (QED) is 0.847. The molecule has 0 amide bonds. The zero-order chi connectivity index (χ0) is 12.5. The highest BCUT2D eigenvalue weighted by Gasteiger charge is 2.40. The van der Waals surface area contributed by atoms with Crippen molar-refractivity contribution < 1.29 is 5.11 Å². The highest BCUT2D eigenvalue weighted by molar-refractivity contribution is 5.18. The minimum absolute atomic E-state index is 0.323. The first kappa shape index (κ1) is 12.6. The second kappa shape index (κ2) is 4.79. The van der Waals surface area contributed by atoms with Crippen molar-refractivity contribution >= 4 is 0 Å². The van der Waals surface area contributed by atoms with Crippen LogP contribution in [0.15, 0.2) is 30.3 Å². The zero-order valence-electron chi connectivity index (χ0n) is 11.1. The van der Waals surface area contributed by atoms with Crippen LogP contribution in [0.4, 0.5) is 0 Å². The van der Waals surface area contributed by atoms with Crippen LogP contribution in [0.1, 0.15) is 25.8 Å². The summed E-state index contributed by atoms with van der Waals surface area (Å²) in [7, 11) is 2.14. The molecule has 94 valence electrons. The van der Waals surface area contributed by atoms with E-state index in [4.69, 9.17) is 0 Å². The monoisotopic (exact) mass is 233 g/mol. The molecular weight excluding hydrogens is 210 g/mol. The summed E-state index contributed by atoms with van der Waals surface area (Å²) < 4.78 is 0. The molecule has 1 heterocycles. The number of likely N-dealkylation sites (tertiary alicyclic amines) is 1. The summed E-state index contributed by atoms with van der Waals surface area (Å²) >= 11 is 0. The number of piperidine rings is 1. The fourth-order valence-corrected chi connectivity index (χ4v) is 2.85. The molecule has 1 aliphatic rings. The van der Waals surface area contributed by atoms with Gasteiger partial charge < -0.3 is 10.0 Å². The molecule has 0 saturated carbocycles. The van der Waals surface area contributed by atoms with Crippen molar-refractivity contribution in [3.05, 3.63) is 35.9 Å². The van der Waals surface area contributed by atoms with Crippen LogP contribution in [0.3, 0.4) is 0 Å². The molecular formula is C15H23NO. The van der Waals surface area contributed by atoms with E-state index in [1.165, 1.54) is 5.56 Å². The van der Waals surface area contributed by atoms with E-state index in [9.17, 15) is 5.11 Å². The third-order valence-corrected chi connectivity index (χ3v) is 4.23. The fourth-order valence-electron chi connectivity index (χ4n) is 2.85. The van der Waals surface area contributed by atoms with Crippen LogP contribution in [0.2, 0.25) is 0 Å². The highest BCUT2D eigenvalue weighted by atomic mass is 16.3. The Morgan fingerprint density at radius 3 is 2.59 bits per heavy atom. The van der Waals surface area contributed by atoms with Gasteiger partial charge >= 0.3 is 0 Å². The number of benzene rings is 1. The molecule has 0 bridgehead atoms. The van der Waals surface area contributed by atoms with E-state index in [2.05, 4.69) is 37.9 Å². The summed E-state index contributed by atoms with van der Waals surface area (Å²) in [6, 6.07) is 10.8. The summed E-state index contributed by atoms with van der Waals surface area (Å²) in [4.78, 5) is 2.34. The molecule has 2 nitrogen and oxygen atoms in total. The Morgan fingerprint density at radius 1 is 1.29 bits per heavy atom. The molecule has 0 spiro atoms. The van der Waals surface area contributed by atoms with Gasteiger partial charge in [-0.3, -0.25) is 0 Å². The number of nitrogens with zero attached hydrogens (tertiary/aromatic N) is 1. The standard InChI is InChI=1S/C15H23NO/c1-12-11-16(3)13(2)9-15(12,17)10-14-7-5-4-6-8-14/h4-8,12-13,17H,9-11H2,1-3H3/t12-,13+,15-/m1/s1. The SMILES string of the molecule is C[C@@H]1CN(C)[C@@H](C)C[C@@]1(O)Cc1ccccc1. The average Bonchev–Trinajstić information content (AvgIpc) is 2.28. The van der Waals surface area contributed by atoms with Crippen LogP contribution in [0.5, 0.6) is 0 Å². The van der Waals surface area contributed by atoms with Gasteiger partial charge in [-0.1, -0.05) is 37.3 Å². The van der Waals surface area contributed by atoms with E-state index in [1.807, 2.05) is 18.2 Å². The number of hydrogen-bond acceptors (Lipinski definition) is 2. The smallest absolute Gasteiger partial charge is 0.0740 e. The van der Waals surface area contributed by atoms with E-state index < -0.39 is 5.60 Å². The minimum atomic E-state index is -0.548. The third-order valence-electron chi connectivity index (χ3n) is 4.23. The predicted molar refractivity (Wildman–Crippen MR) is 71.0 cm³/mol. The molecule has 1 fully saturated rings. The van der Waals surface area contributed by atoms with E-state index in [-0.39, 0.29) is 0 Å². The van der Waals surface area contributed by atoms with E-state index >= 15 is 0 Å². The first-order valence-electron chi connectivity index (χ1n) is 6.48.